The van der Waals surface area contributed by atoms with Crippen LogP contribution in [-0.4, -0.2) is 44.1 Å². The number of hydrogen-bond acceptors (Lipinski definition) is 3. The number of amides is 1. The standard InChI is InChI=1S/C29H34N2O2/c1-31(26-17-18-27-25(21-26)11-8-12-28(27)33-2)20-7-6-19-30-29(32)24-15-13-23(14-16-24)22-9-4-3-5-10-22/h3-5,8-16,26H,6-7,17-21H2,1-2H3,(H,30,32)/t26-/m1/s1. The number of nitrogens with one attached hydrogen (secondary N) is 1. The van der Waals surface area contributed by atoms with Gasteiger partial charge in [0, 0.05) is 18.2 Å². The summed E-state index contributed by atoms with van der Waals surface area (Å²) in [7, 11) is 3.98. The number of methoxy groups -OCH3 is 1. The van der Waals surface area contributed by atoms with Gasteiger partial charge in [0.1, 0.15) is 5.75 Å². The molecule has 0 saturated carbocycles. The molecule has 3 aromatic carbocycles. The topological polar surface area (TPSA) is 41.6 Å². The van der Waals surface area contributed by atoms with Gasteiger partial charge in [0.2, 0.25) is 0 Å². The molecule has 0 unspecified atom stereocenters. The Balaban J connectivity index is 1.18. The molecule has 0 radical (unpaired) electrons. The quantitative estimate of drug-likeness (QED) is 0.454. The fraction of sp³-hybridized carbons (Fsp3) is 0.345. The van der Waals surface area contributed by atoms with Gasteiger partial charge in [0.05, 0.1) is 7.11 Å². The summed E-state index contributed by atoms with van der Waals surface area (Å²) in [5, 5.41) is 3.07. The molecule has 4 nitrogen and oxygen atoms in total. The average molecular weight is 443 g/mol. The Morgan fingerprint density at radius 1 is 0.970 bits per heavy atom. The van der Waals surface area contributed by atoms with E-state index < -0.39 is 0 Å². The Morgan fingerprint density at radius 3 is 2.48 bits per heavy atom. The van der Waals surface area contributed by atoms with Crippen molar-refractivity contribution in [3.63, 3.8) is 0 Å². The molecule has 1 N–H and O–H groups in total. The van der Waals surface area contributed by atoms with Crippen LogP contribution in [0.15, 0.2) is 72.8 Å². The van der Waals surface area contributed by atoms with Crippen LogP contribution in [0.4, 0.5) is 0 Å². The molecule has 33 heavy (non-hydrogen) atoms. The van der Waals surface area contributed by atoms with Gasteiger partial charge in [-0.2, -0.15) is 0 Å². The zero-order chi connectivity index (χ0) is 23.0. The van der Waals surface area contributed by atoms with Gasteiger partial charge in [-0.15, -0.1) is 0 Å². The molecule has 0 spiro atoms. The van der Waals surface area contributed by atoms with Crippen LogP contribution in [0, 0.1) is 0 Å². The lowest BCUT2D eigenvalue weighted by molar-refractivity contribution is 0.0952. The molecule has 0 bridgehead atoms. The van der Waals surface area contributed by atoms with Crippen molar-refractivity contribution in [2.24, 2.45) is 0 Å². The zero-order valence-corrected chi connectivity index (χ0v) is 19.7. The van der Waals surface area contributed by atoms with Crippen molar-refractivity contribution in [2.75, 3.05) is 27.2 Å². The van der Waals surface area contributed by atoms with Crippen molar-refractivity contribution in [3.05, 3.63) is 89.5 Å². The minimum atomic E-state index is 0.000742. The Morgan fingerprint density at radius 2 is 1.73 bits per heavy atom. The number of carbonyl (C=O) groups excluding carboxylic acids is 1. The molecule has 0 aromatic heterocycles. The first-order chi connectivity index (χ1) is 16.2. The highest BCUT2D eigenvalue weighted by Crippen LogP contribution is 2.31. The highest BCUT2D eigenvalue weighted by Gasteiger charge is 2.23. The predicted octanol–water partition coefficient (Wildman–Crippen LogP) is 5.36. The number of carbonyl (C=O) groups is 1. The maximum Gasteiger partial charge on any atom is 0.251 e. The fourth-order valence-electron chi connectivity index (χ4n) is 4.74. The van der Waals surface area contributed by atoms with Crippen LogP contribution in [0.1, 0.15) is 40.7 Å². The first-order valence-electron chi connectivity index (χ1n) is 11.9. The Hall–Kier alpha value is -3.11. The van der Waals surface area contributed by atoms with Crippen LogP contribution < -0.4 is 10.1 Å². The third-order valence-corrected chi connectivity index (χ3v) is 6.73. The van der Waals surface area contributed by atoms with Crippen molar-refractivity contribution in [2.45, 2.75) is 38.1 Å². The van der Waals surface area contributed by atoms with E-state index in [1.54, 1.807) is 7.11 Å². The Labute approximate surface area is 197 Å². The third kappa shape index (κ3) is 5.82. The number of benzene rings is 3. The highest BCUT2D eigenvalue weighted by atomic mass is 16.5. The van der Waals surface area contributed by atoms with Crippen LogP contribution in [0.5, 0.6) is 5.75 Å². The molecule has 0 fully saturated rings. The Kier molecular flexibility index (Phi) is 7.79. The number of hydrogen-bond donors (Lipinski definition) is 1. The van der Waals surface area contributed by atoms with Crippen molar-refractivity contribution in [1.82, 2.24) is 10.2 Å². The lowest BCUT2D eigenvalue weighted by atomic mass is 9.87. The molecule has 1 aliphatic rings. The number of nitrogens with zero attached hydrogens (tertiary/aromatic N) is 1. The highest BCUT2D eigenvalue weighted by molar-refractivity contribution is 5.94. The van der Waals surface area contributed by atoms with Gasteiger partial charge in [0.15, 0.2) is 0 Å². The minimum Gasteiger partial charge on any atom is -0.496 e. The van der Waals surface area contributed by atoms with Crippen molar-refractivity contribution in [1.29, 1.82) is 0 Å². The molecule has 1 aliphatic carbocycles. The van der Waals surface area contributed by atoms with E-state index in [0.717, 1.165) is 49.1 Å². The van der Waals surface area contributed by atoms with E-state index in [1.807, 2.05) is 42.5 Å². The molecule has 3 aromatic rings. The molecular formula is C29H34N2O2. The summed E-state index contributed by atoms with van der Waals surface area (Å²) in [5.41, 5.74) is 5.79. The summed E-state index contributed by atoms with van der Waals surface area (Å²) in [6, 6.07) is 25.0. The zero-order valence-electron chi connectivity index (χ0n) is 19.7. The second-order valence-corrected chi connectivity index (χ2v) is 8.88. The predicted molar refractivity (Wildman–Crippen MR) is 135 cm³/mol. The summed E-state index contributed by atoms with van der Waals surface area (Å²) in [4.78, 5) is 15.0. The number of rotatable bonds is 9. The number of ether oxygens (including phenoxy) is 1. The van der Waals surface area contributed by atoms with Gasteiger partial charge in [-0.25, -0.2) is 0 Å². The normalized spacial score (nSPS) is 15.2. The van der Waals surface area contributed by atoms with Crippen LogP contribution in [0.2, 0.25) is 0 Å². The second kappa shape index (κ2) is 11.2. The number of fused-ring (bicyclic) bond motifs is 1. The first-order valence-corrected chi connectivity index (χ1v) is 11.9. The Bertz CT molecular complexity index is 1050. The monoisotopic (exact) mass is 442 g/mol. The van der Waals surface area contributed by atoms with E-state index in [2.05, 4.69) is 47.6 Å². The molecule has 1 atom stereocenters. The smallest absolute Gasteiger partial charge is 0.251 e. The van der Waals surface area contributed by atoms with Gasteiger partial charge in [0.25, 0.3) is 5.91 Å². The summed E-state index contributed by atoms with van der Waals surface area (Å²) in [6.45, 7) is 1.75. The van der Waals surface area contributed by atoms with Gasteiger partial charge < -0.3 is 15.0 Å². The lowest BCUT2D eigenvalue weighted by Gasteiger charge is -2.33. The first kappa shape index (κ1) is 23.1. The van der Waals surface area contributed by atoms with Crippen molar-refractivity contribution < 1.29 is 9.53 Å². The molecule has 0 heterocycles. The lowest BCUT2D eigenvalue weighted by Crippen LogP contribution is -2.37. The third-order valence-electron chi connectivity index (χ3n) is 6.73. The van der Waals surface area contributed by atoms with E-state index in [9.17, 15) is 4.79 Å². The summed E-state index contributed by atoms with van der Waals surface area (Å²) in [6.07, 6.45) is 5.38. The van der Waals surface area contributed by atoms with Crippen LogP contribution in [-0.2, 0) is 12.8 Å². The van der Waals surface area contributed by atoms with Crippen LogP contribution in [0.25, 0.3) is 11.1 Å². The largest absolute Gasteiger partial charge is 0.496 e. The number of unbranched alkanes of at least 4 members (excludes halogenated alkanes) is 1. The fourth-order valence-corrected chi connectivity index (χ4v) is 4.74. The van der Waals surface area contributed by atoms with E-state index in [0.29, 0.717) is 18.2 Å². The van der Waals surface area contributed by atoms with Crippen molar-refractivity contribution in [3.8, 4) is 16.9 Å². The number of likely N-dealkylation sites (N-methyl/N-ethyl adjacent to an activating group) is 1. The van der Waals surface area contributed by atoms with Gasteiger partial charge >= 0.3 is 0 Å². The molecule has 172 valence electrons. The molecular weight excluding hydrogens is 408 g/mol. The van der Waals surface area contributed by atoms with E-state index in [4.69, 9.17) is 4.74 Å². The van der Waals surface area contributed by atoms with E-state index in [-0.39, 0.29) is 5.91 Å². The van der Waals surface area contributed by atoms with Crippen molar-refractivity contribution >= 4 is 5.91 Å². The van der Waals surface area contributed by atoms with E-state index in [1.165, 1.54) is 17.5 Å². The SMILES string of the molecule is COc1cccc2c1CC[C@@H](N(C)CCCCNC(=O)c1ccc(-c3ccccc3)cc1)C2. The maximum absolute atomic E-state index is 12.5. The average Bonchev–Trinajstić information content (AvgIpc) is 2.88. The molecule has 4 rings (SSSR count). The van der Waals surface area contributed by atoms with Gasteiger partial charge in [-0.3, -0.25) is 4.79 Å². The summed E-state index contributed by atoms with van der Waals surface area (Å²) >= 11 is 0. The summed E-state index contributed by atoms with van der Waals surface area (Å²) in [5.74, 6) is 1.03. The molecule has 1 amide bonds. The van der Waals surface area contributed by atoms with Gasteiger partial charge in [-0.05, 0) is 86.1 Å². The van der Waals surface area contributed by atoms with E-state index >= 15 is 0 Å². The van der Waals surface area contributed by atoms with Gasteiger partial charge in [-0.1, -0.05) is 54.6 Å². The minimum absolute atomic E-state index is 0.000742. The van der Waals surface area contributed by atoms with Crippen LogP contribution >= 0.6 is 0 Å². The second-order valence-electron chi connectivity index (χ2n) is 8.88. The molecule has 0 saturated heterocycles. The molecule has 4 heteroatoms. The maximum atomic E-state index is 12.5. The molecule has 0 aliphatic heterocycles. The van der Waals surface area contributed by atoms with Crippen LogP contribution in [0.3, 0.4) is 0 Å². The summed E-state index contributed by atoms with van der Waals surface area (Å²) < 4.78 is 5.53.